The van der Waals surface area contributed by atoms with Gasteiger partial charge in [-0.15, -0.1) is 0 Å². The second-order valence-electron chi connectivity index (χ2n) is 9.94. The molecule has 0 aliphatic carbocycles. The van der Waals surface area contributed by atoms with Crippen LogP contribution in [0.2, 0.25) is 5.02 Å². The zero-order chi connectivity index (χ0) is 27.8. The number of amides is 2. The van der Waals surface area contributed by atoms with Gasteiger partial charge in [-0.2, -0.15) is 0 Å². The number of nitrogens with one attached hydrogen (secondary N) is 1. The minimum Gasteiger partial charge on any atom is -0.354 e. The van der Waals surface area contributed by atoms with Gasteiger partial charge in [0.05, 0.1) is 11.9 Å². The van der Waals surface area contributed by atoms with Crippen LogP contribution in [0.25, 0.3) is 0 Å². The molecular weight excluding hydrogens is 510 g/mol. The molecule has 37 heavy (non-hydrogen) atoms. The number of benzene rings is 2. The molecule has 2 rings (SSSR count). The number of carbonyl (C=O) groups is 2. The van der Waals surface area contributed by atoms with Gasteiger partial charge in [0.2, 0.25) is 21.8 Å². The van der Waals surface area contributed by atoms with Crippen molar-refractivity contribution in [3.8, 4) is 0 Å². The molecule has 1 unspecified atom stereocenters. The molecule has 204 valence electrons. The zero-order valence-electron chi connectivity index (χ0n) is 22.8. The van der Waals surface area contributed by atoms with Crippen LogP contribution in [0.5, 0.6) is 0 Å². The fourth-order valence-electron chi connectivity index (χ4n) is 4.07. The Balaban J connectivity index is 2.23. The van der Waals surface area contributed by atoms with E-state index >= 15 is 0 Å². The monoisotopic (exact) mass is 549 g/mol. The summed E-state index contributed by atoms with van der Waals surface area (Å²) in [5, 5.41) is 3.40. The summed E-state index contributed by atoms with van der Waals surface area (Å²) in [4.78, 5) is 28.2. The summed E-state index contributed by atoms with van der Waals surface area (Å²) in [5.74, 6) is -0.0769. The number of hydrogen-bond acceptors (Lipinski definition) is 4. The first-order valence-corrected chi connectivity index (χ1v) is 14.9. The van der Waals surface area contributed by atoms with Crippen molar-refractivity contribution < 1.29 is 18.0 Å². The Morgan fingerprint density at radius 2 is 1.70 bits per heavy atom. The molecule has 0 saturated heterocycles. The Morgan fingerprint density at radius 1 is 1.05 bits per heavy atom. The fraction of sp³-hybridized carbons (Fsp3) is 0.500. The van der Waals surface area contributed by atoms with E-state index in [1.165, 1.54) is 4.31 Å². The first kappa shape index (κ1) is 30.6. The first-order valence-electron chi connectivity index (χ1n) is 12.7. The lowest BCUT2D eigenvalue weighted by molar-refractivity contribution is -0.141. The van der Waals surface area contributed by atoms with E-state index in [-0.39, 0.29) is 24.8 Å². The lowest BCUT2D eigenvalue weighted by Crippen LogP contribution is -2.49. The third-order valence-corrected chi connectivity index (χ3v) is 7.55. The van der Waals surface area contributed by atoms with Crippen molar-refractivity contribution in [2.45, 2.75) is 66.5 Å². The maximum Gasteiger partial charge on any atom is 0.242 e. The van der Waals surface area contributed by atoms with E-state index in [1.807, 2.05) is 58.9 Å². The highest BCUT2D eigenvalue weighted by Gasteiger charge is 2.29. The highest BCUT2D eigenvalue weighted by Crippen LogP contribution is 2.27. The van der Waals surface area contributed by atoms with Crippen LogP contribution in [-0.4, -0.2) is 50.5 Å². The molecule has 2 amide bonds. The SMILES string of the molecule is CCC(C(=O)NCC(C)C)N(Cc1ccc(C)cc1)C(=O)CCCN(c1cc(Cl)ccc1C)S(C)(=O)=O. The molecule has 1 atom stereocenters. The molecular formula is C28H40ClN3O4S. The van der Waals surface area contributed by atoms with Gasteiger partial charge in [-0.3, -0.25) is 13.9 Å². The number of halogens is 1. The summed E-state index contributed by atoms with van der Waals surface area (Å²) < 4.78 is 26.4. The lowest BCUT2D eigenvalue weighted by atomic mass is 10.1. The van der Waals surface area contributed by atoms with E-state index in [2.05, 4.69) is 5.32 Å². The van der Waals surface area contributed by atoms with Gasteiger partial charge in [-0.05, 0) is 55.9 Å². The predicted molar refractivity (Wildman–Crippen MR) is 151 cm³/mol. The van der Waals surface area contributed by atoms with Crippen LogP contribution in [0, 0.1) is 19.8 Å². The summed E-state index contributed by atoms with van der Waals surface area (Å²) in [6.45, 7) is 10.7. The van der Waals surface area contributed by atoms with Crippen molar-refractivity contribution in [1.82, 2.24) is 10.2 Å². The number of carbonyl (C=O) groups excluding carboxylic acids is 2. The molecule has 1 N–H and O–H groups in total. The predicted octanol–water partition coefficient (Wildman–Crippen LogP) is 5.08. The highest BCUT2D eigenvalue weighted by molar-refractivity contribution is 7.92. The van der Waals surface area contributed by atoms with Gasteiger partial charge >= 0.3 is 0 Å². The van der Waals surface area contributed by atoms with Crippen molar-refractivity contribution in [3.63, 3.8) is 0 Å². The van der Waals surface area contributed by atoms with E-state index in [1.54, 1.807) is 23.1 Å². The highest BCUT2D eigenvalue weighted by atomic mass is 35.5. The van der Waals surface area contributed by atoms with Crippen molar-refractivity contribution >= 4 is 39.1 Å². The minimum atomic E-state index is -3.59. The average Bonchev–Trinajstić information content (AvgIpc) is 2.82. The molecule has 0 fully saturated rings. The van der Waals surface area contributed by atoms with E-state index in [0.717, 1.165) is 22.9 Å². The van der Waals surface area contributed by atoms with Crippen molar-refractivity contribution in [1.29, 1.82) is 0 Å². The van der Waals surface area contributed by atoms with Crippen LogP contribution >= 0.6 is 11.6 Å². The quantitative estimate of drug-likeness (QED) is 0.377. The molecule has 2 aromatic carbocycles. The molecule has 0 aliphatic heterocycles. The third-order valence-electron chi connectivity index (χ3n) is 6.14. The topological polar surface area (TPSA) is 86.8 Å². The van der Waals surface area contributed by atoms with E-state index < -0.39 is 16.1 Å². The first-order chi connectivity index (χ1) is 17.3. The largest absolute Gasteiger partial charge is 0.354 e. The maximum atomic E-state index is 13.5. The second-order valence-corrected chi connectivity index (χ2v) is 12.3. The van der Waals surface area contributed by atoms with Crippen molar-refractivity contribution in [2.75, 3.05) is 23.7 Å². The van der Waals surface area contributed by atoms with Gasteiger partial charge in [0, 0.05) is 31.1 Å². The van der Waals surface area contributed by atoms with Crippen molar-refractivity contribution in [3.05, 3.63) is 64.2 Å². The molecule has 0 aromatic heterocycles. The molecule has 2 aromatic rings. The lowest BCUT2D eigenvalue weighted by Gasteiger charge is -2.31. The number of nitrogens with zero attached hydrogens (tertiary/aromatic N) is 2. The standard InChI is InChI=1S/C28H40ClN3O4S/c1-7-25(28(34)30-18-20(2)3)31(19-23-13-10-21(4)11-14-23)27(33)9-8-16-32(37(6,35)36)26-17-24(29)15-12-22(26)5/h10-15,17,20,25H,7-9,16,18-19H2,1-6H3,(H,30,34). The minimum absolute atomic E-state index is 0.103. The van der Waals surface area contributed by atoms with E-state index in [0.29, 0.717) is 42.6 Å². The van der Waals surface area contributed by atoms with Crippen LogP contribution in [0.1, 0.15) is 56.7 Å². The third kappa shape index (κ3) is 9.34. The second kappa shape index (κ2) is 13.8. The smallest absolute Gasteiger partial charge is 0.242 e. The summed E-state index contributed by atoms with van der Waals surface area (Å²) in [6, 6.07) is 12.4. The summed E-state index contributed by atoms with van der Waals surface area (Å²) in [5.41, 5.74) is 3.32. The molecule has 0 radical (unpaired) electrons. The van der Waals surface area contributed by atoms with Gasteiger partial charge in [0.1, 0.15) is 6.04 Å². The Kier molecular flexibility index (Phi) is 11.4. The Labute approximate surface area is 227 Å². The van der Waals surface area contributed by atoms with Gasteiger partial charge < -0.3 is 10.2 Å². The summed E-state index contributed by atoms with van der Waals surface area (Å²) in [7, 11) is -3.59. The van der Waals surface area contributed by atoms with Gasteiger partial charge in [0.25, 0.3) is 0 Å². The molecule has 0 spiro atoms. The number of aryl methyl sites for hydroxylation is 2. The van der Waals surface area contributed by atoms with Crippen LogP contribution in [-0.2, 0) is 26.2 Å². The maximum absolute atomic E-state index is 13.5. The van der Waals surface area contributed by atoms with Gasteiger partial charge in [-0.25, -0.2) is 8.42 Å². The molecule has 0 saturated carbocycles. The molecule has 0 aliphatic rings. The van der Waals surface area contributed by atoms with Crippen LogP contribution in [0.15, 0.2) is 42.5 Å². The zero-order valence-corrected chi connectivity index (χ0v) is 24.3. The Bertz CT molecular complexity index is 1170. The van der Waals surface area contributed by atoms with Crippen molar-refractivity contribution in [2.24, 2.45) is 5.92 Å². The average molecular weight is 550 g/mol. The van der Waals surface area contributed by atoms with Crippen LogP contribution in [0.4, 0.5) is 5.69 Å². The van der Waals surface area contributed by atoms with Crippen LogP contribution in [0.3, 0.4) is 0 Å². The number of sulfonamides is 1. The Morgan fingerprint density at radius 3 is 2.27 bits per heavy atom. The fourth-order valence-corrected chi connectivity index (χ4v) is 5.25. The molecule has 7 nitrogen and oxygen atoms in total. The van der Waals surface area contributed by atoms with Crippen LogP contribution < -0.4 is 9.62 Å². The summed E-state index contributed by atoms with van der Waals surface area (Å²) >= 11 is 6.13. The normalized spacial score (nSPS) is 12.3. The molecule has 0 heterocycles. The number of rotatable bonds is 13. The van der Waals surface area contributed by atoms with Gasteiger partial charge in [-0.1, -0.05) is 68.3 Å². The molecule has 0 bridgehead atoms. The number of hydrogen-bond donors (Lipinski definition) is 1. The summed E-state index contributed by atoms with van der Waals surface area (Å²) in [6.07, 6.45) is 2.02. The van der Waals surface area contributed by atoms with Gasteiger partial charge in [0.15, 0.2) is 0 Å². The van der Waals surface area contributed by atoms with E-state index in [9.17, 15) is 18.0 Å². The Hall–Kier alpha value is -2.58. The molecule has 9 heteroatoms. The van der Waals surface area contributed by atoms with E-state index in [4.69, 9.17) is 11.6 Å². The number of anilines is 1.